The van der Waals surface area contributed by atoms with Crippen molar-refractivity contribution in [3.05, 3.63) is 232 Å². The van der Waals surface area contributed by atoms with Crippen LogP contribution in [0.1, 0.15) is 54.0 Å². The number of aliphatic hydroxyl groups is 1. The van der Waals surface area contributed by atoms with Crippen molar-refractivity contribution in [1.82, 2.24) is 0 Å². The average Bonchev–Trinajstić information content (AvgIpc) is 1.35. The van der Waals surface area contributed by atoms with Gasteiger partial charge in [-0.25, -0.2) is 4.58 Å². The molecule has 9 rings (SSSR count). The van der Waals surface area contributed by atoms with Crippen molar-refractivity contribution in [2.45, 2.75) is 48.5 Å². The predicted octanol–water partition coefficient (Wildman–Crippen LogP) is 11.2. The second-order valence-corrected chi connectivity index (χ2v) is 20.0. The third kappa shape index (κ3) is 18.6. The van der Waals surface area contributed by atoms with Gasteiger partial charge in [0.25, 0.3) is 5.43 Å². The molecule has 0 aromatic heterocycles. The number of anilines is 4. The minimum Gasteiger partial charge on any atom is -0.871 e. The maximum absolute atomic E-state index is 13.0. The van der Waals surface area contributed by atoms with E-state index in [-0.39, 0.29) is 42.3 Å². The molecule has 7 aromatic carbocycles. The highest BCUT2D eigenvalue weighted by atomic mass is 16.5. The fraction of sp³-hybridized carbons (Fsp3) is 0.301. The van der Waals surface area contributed by atoms with Crippen LogP contribution in [0, 0.1) is 7.43 Å². The minimum absolute atomic E-state index is 0. The first-order valence-corrected chi connectivity index (χ1v) is 30.0. The first-order chi connectivity index (χ1) is 42.3. The molecule has 7 aromatic rings. The van der Waals surface area contributed by atoms with Crippen LogP contribution in [-0.4, -0.2) is 126 Å². The number of aliphatic hydroxyl groups excluding tert-OH is 1. The number of likely N-dealkylation sites (N-methyl/N-ethyl adjacent to an activating group) is 3. The Hall–Kier alpha value is -9.34. The number of aromatic hydroxyl groups is 1. The lowest BCUT2D eigenvalue weighted by Crippen LogP contribution is -2.31. The largest absolute Gasteiger partial charge is 0.871 e. The third-order valence-corrected chi connectivity index (χ3v) is 15.0. The maximum Gasteiger partial charge on any atom is 0.268 e. The summed E-state index contributed by atoms with van der Waals surface area (Å²) in [6.45, 7) is 24.7. The van der Waals surface area contributed by atoms with Gasteiger partial charge in [-0.3, -0.25) is 14.4 Å². The van der Waals surface area contributed by atoms with E-state index in [0.29, 0.717) is 43.0 Å². The van der Waals surface area contributed by atoms with E-state index in [9.17, 15) is 24.6 Å². The monoisotopic (exact) mass is 1190 g/mol. The average molecular weight is 1200 g/mol. The number of methoxy groups -OCH3 is 2. The molecule has 0 heterocycles. The van der Waals surface area contributed by atoms with Crippen LogP contribution in [0.2, 0.25) is 0 Å². The van der Waals surface area contributed by atoms with Gasteiger partial charge >= 0.3 is 0 Å². The number of ketones is 1. The number of benzene rings is 6. The molecule has 466 valence electrons. The summed E-state index contributed by atoms with van der Waals surface area (Å²) in [6.07, 6.45) is 7.62. The number of hydrogen-bond donors (Lipinski definition) is 2. The second-order valence-electron chi connectivity index (χ2n) is 20.0. The van der Waals surface area contributed by atoms with Gasteiger partial charge in [-0.2, -0.15) is 0 Å². The van der Waals surface area contributed by atoms with Crippen molar-refractivity contribution in [3.63, 3.8) is 0 Å². The number of rotatable bonds is 25. The van der Waals surface area contributed by atoms with Gasteiger partial charge in [0.1, 0.15) is 42.8 Å². The van der Waals surface area contributed by atoms with Gasteiger partial charge in [-0.05, 0) is 174 Å². The number of para-hydroxylation sites is 2. The van der Waals surface area contributed by atoms with Crippen molar-refractivity contribution >= 4 is 39.8 Å². The van der Waals surface area contributed by atoms with Crippen molar-refractivity contribution in [3.8, 4) is 39.9 Å². The Balaban J connectivity index is 0.000000233. The molecular formula is C73H88N5O10-. The molecule has 0 saturated heterocycles. The molecule has 2 aliphatic carbocycles. The standard InChI is InChI=1S/C31H34N2O4.C17H21NO2.C14H15NO3.C10H15NO.CH3/c1-5-32(6-2)24-12-8-22(9-13-24)28-30(34)29(31(28)35)23-10-14-25(15-11-23)33(7-3)20-21-37-27-18-16-26(36-4)17-19-27;1-3-18(15-7-5-4-6-8-15)13-14-20-17-11-9-16(19-2)10-12-17;1-3-15(4-2)10-7-5-9(6-8-10)11-12(16)14(18)13(11)17;1-2-11(8-9-12)10-6-4-3-5-7-10;/h8-19H,5-7,20-21H2,1-4H3;4-12H,3,13-14H2,1-2H3;5-8,16H,3-4H2,1-2H3;3-7,12H,2,8-9H2,1H3;1H3/q;;;;-1. The molecule has 0 bridgehead atoms. The van der Waals surface area contributed by atoms with Crippen LogP contribution in [0.5, 0.6) is 28.7 Å². The highest BCUT2D eigenvalue weighted by Gasteiger charge is 2.31. The molecule has 2 aliphatic rings. The number of hydrogen-bond acceptors (Lipinski definition) is 14. The molecule has 0 fully saturated rings. The van der Waals surface area contributed by atoms with Gasteiger partial charge in [0.05, 0.1) is 32.9 Å². The molecule has 0 unspecified atom stereocenters. The molecule has 0 spiro atoms. The molecule has 0 saturated carbocycles. The van der Waals surface area contributed by atoms with Gasteiger partial charge in [-0.15, -0.1) is 0 Å². The molecule has 0 atom stereocenters. The van der Waals surface area contributed by atoms with Gasteiger partial charge in [0, 0.05) is 91.9 Å². The Bertz CT molecular complexity index is 3450. The zero-order valence-electron chi connectivity index (χ0n) is 52.9. The van der Waals surface area contributed by atoms with E-state index in [1.807, 2.05) is 133 Å². The van der Waals surface area contributed by atoms with E-state index in [4.69, 9.17) is 24.1 Å². The molecule has 0 radical (unpaired) electrons. The Morgan fingerprint density at radius 1 is 0.466 bits per heavy atom. The lowest BCUT2D eigenvalue weighted by atomic mass is 9.80. The summed E-state index contributed by atoms with van der Waals surface area (Å²) >= 11 is 0. The summed E-state index contributed by atoms with van der Waals surface area (Å²) in [7, 11) is 3.30. The number of allylic oxidation sites excluding steroid dienone is 7. The van der Waals surface area contributed by atoms with Gasteiger partial charge in [0.15, 0.2) is 23.8 Å². The number of carbonyl (C=O) groups excluding carboxylic acids is 1. The van der Waals surface area contributed by atoms with Crippen molar-refractivity contribution in [1.29, 1.82) is 0 Å². The number of ether oxygens (including phenoxy) is 4. The van der Waals surface area contributed by atoms with Crippen molar-refractivity contribution < 1.29 is 43.6 Å². The fourth-order valence-electron chi connectivity index (χ4n) is 9.96. The Morgan fingerprint density at radius 2 is 0.875 bits per heavy atom. The van der Waals surface area contributed by atoms with E-state index in [1.165, 1.54) is 11.4 Å². The first kappa shape index (κ1) is 69.4. The van der Waals surface area contributed by atoms with E-state index < -0.39 is 16.6 Å². The van der Waals surface area contributed by atoms with Crippen molar-refractivity contribution in [2.75, 3.05) is 119 Å². The summed E-state index contributed by atoms with van der Waals surface area (Å²) in [5.41, 5.74) is 6.76. The smallest absolute Gasteiger partial charge is 0.268 e. The van der Waals surface area contributed by atoms with E-state index in [1.54, 1.807) is 26.4 Å². The van der Waals surface area contributed by atoms with Crippen LogP contribution in [-0.2, 0) is 4.79 Å². The summed E-state index contributed by atoms with van der Waals surface area (Å²) in [5.74, 6) is 2.51. The fourth-order valence-corrected chi connectivity index (χ4v) is 9.96. The van der Waals surface area contributed by atoms with Gasteiger partial charge < -0.3 is 61.3 Å². The zero-order valence-corrected chi connectivity index (χ0v) is 52.9. The lowest BCUT2D eigenvalue weighted by molar-refractivity contribution is -0.524. The van der Waals surface area contributed by atoms with Crippen LogP contribution in [0.3, 0.4) is 0 Å². The maximum atomic E-state index is 13.0. The topological polar surface area (TPSA) is 168 Å². The molecule has 2 N–H and O–H groups in total. The second kappa shape index (κ2) is 36.0. The zero-order chi connectivity index (χ0) is 62.7. The Morgan fingerprint density at radius 3 is 1.27 bits per heavy atom. The number of Topliss-reactive ketones (excluding diaryl/α,β-unsaturated/α-hetero) is 1. The number of carbonyl (C=O) groups is 1. The van der Waals surface area contributed by atoms with Crippen LogP contribution in [0.15, 0.2) is 209 Å². The van der Waals surface area contributed by atoms with Crippen molar-refractivity contribution in [2.24, 2.45) is 0 Å². The summed E-state index contributed by atoms with van der Waals surface area (Å²) in [4.78, 5) is 44.1. The van der Waals surface area contributed by atoms with E-state index in [2.05, 4.69) is 109 Å². The normalized spacial score (nSPS) is 12.0. The SMILES string of the molecule is CCN(CC)c1ccc(-c2c(O)c(=O)c2=O)cc1.CCN(CC)c1ccc(C2=C([O-])C(=C3C=CC(=[N+](CC)CCOc4ccc(OC)cc4)C=C3)C2=O)cc1.CCN(CCO)c1ccccc1.CCN(CCOc1ccc(OC)cc1)c1ccccc1.[CH3-]. The molecule has 88 heavy (non-hydrogen) atoms. The predicted molar refractivity (Wildman–Crippen MR) is 359 cm³/mol. The summed E-state index contributed by atoms with van der Waals surface area (Å²) < 4.78 is 24.1. The van der Waals surface area contributed by atoms with Gasteiger partial charge in [-0.1, -0.05) is 66.4 Å². The molecule has 15 heteroatoms. The quantitative estimate of drug-likeness (QED) is 0.0240. The van der Waals surface area contributed by atoms with Gasteiger partial charge in [0.2, 0.25) is 5.43 Å². The summed E-state index contributed by atoms with van der Waals surface area (Å²) in [6, 6.07) is 50.7. The molecular weight excluding hydrogens is 1110 g/mol. The molecule has 15 nitrogen and oxygen atoms in total. The third-order valence-electron chi connectivity index (χ3n) is 15.0. The first-order valence-electron chi connectivity index (χ1n) is 30.0. The Labute approximate surface area is 521 Å². The lowest BCUT2D eigenvalue weighted by Gasteiger charge is -2.32. The minimum atomic E-state index is -0.794. The van der Waals surface area contributed by atoms with Crippen LogP contribution >= 0.6 is 0 Å². The highest BCUT2D eigenvalue weighted by molar-refractivity contribution is 6.39. The summed E-state index contributed by atoms with van der Waals surface area (Å²) in [5, 5.41) is 31.1. The highest BCUT2D eigenvalue weighted by Crippen LogP contribution is 2.38. The van der Waals surface area contributed by atoms with E-state index >= 15 is 0 Å². The molecule has 0 aliphatic heterocycles. The molecule has 0 amide bonds. The van der Waals surface area contributed by atoms with Crippen LogP contribution in [0.4, 0.5) is 22.7 Å². The Kier molecular flexibility index (Phi) is 28.4. The number of nitrogens with zero attached hydrogens (tertiary/aromatic N) is 5. The van der Waals surface area contributed by atoms with Crippen LogP contribution < -0.4 is 54.5 Å². The van der Waals surface area contributed by atoms with Crippen LogP contribution in [0.25, 0.3) is 16.7 Å². The van der Waals surface area contributed by atoms with E-state index in [0.717, 1.165) is 92.4 Å².